The van der Waals surface area contributed by atoms with E-state index in [0.717, 1.165) is 0 Å². The van der Waals surface area contributed by atoms with Gasteiger partial charge in [-0.1, -0.05) is 11.6 Å². The summed E-state index contributed by atoms with van der Waals surface area (Å²) in [5.41, 5.74) is 0.937. The summed E-state index contributed by atoms with van der Waals surface area (Å²) in [7, 11) is 1.51. The monoisotopic (exact) mass is 295 g/mol. The molecule has 2 aromatic rings. The van der Waals surface area contributed by atoms with Gasteiger partial charge >= 0.3 is 11.7 Å². The van der Waals surface area contributed by atoms with Crippen LogP contribution in [0.1, 0.15) is 16.8 Å². The molecular weight excluding hydrogens is 286 g/mol. The summed E-state index contributed by atoms with van der Waals surface area (Å²) < 4.78 is 6.22. The number of oxazole rings is 1. The number of hydrogen-bond donors (Lipinski definition) is 1. The Hall–Kier alpha value is -2.08. The number of hydrogen-bond acceptors (Lipinski definition) is 4. The number of halogens is 1. The first kappa shape index (κ1) is 12.9. The number of benzene rings is 1. The molecule has 1 aliphatic carbocycles. The van der Waals surface area contributed by atoms with Gasteiger partial charge in [0.2, 0.25) is 0 Å². The number of aromatic nitrogens is 1. The Kier molecular flexibility index (Phi) is 2.72. The zero-order valence-corrected chi connectivity index (χ0v) is 11.2. The molecule has 6 nitrogen and oxygen atoms in total. The van der Waals surface area contributed by atoms with Crippen LogP contribution in [0, 0.1) is 11.8 Å². The molecule has 0 saturated heterocycles. The Morgan fingerprint density at radius 1 is 1.40 bits per heavy atom. The van der Waals surface area contributed by atoms with Crippen LogP contribution in [0.15, 0.2) is 21.3 Å². The highest BCUT2D eigenvalue weighted by atomic mass is 35.5. The summed E-state index contributed by atoms with van der Waals surface area (Å²) in [5, 5.41) is 9.02. The minimum Gasteiger partial charge on any atom is -0.481 e. The van der Waals surface area contributed by atoms with Crippen molar-refractivity contribution in [1.29, 1.82) is 0 Å². The molecule has 0 spiro atoms. The Labute approximate surface area is 117 Å². The zero-order chi connectivity index (χ0) is 14.6. The molecule has 0 bridgehead atoms. The number of carboxylic acids is 1. The van der Waals surface area contributed by atoms with E-state index in [0.29, 0.717) is 17.5 Å². The van der Waals surface area contributed by atoms with Crippen molar-refractivity contribution in [3.8, 4) is 0 Å². The average Bonchev–Trinajstić information content (AvgIpc) is 3.14. The molecule has 0 amide bonds. The number of Topliss-reactive ketones (excluding diaryl/α,β-unsaturated/α-hetero) is 1. The van der Waals surface area contributed by atoms with Gasteiger partial charge in [-0.2, -0.15) is 0 Å². The number of rotatable bonds is 3. The van der Waals surface area contributed by atoms with Gasteiger partial charge in [0.25, 0.3) is 0 Å². The number of aliphatic carboxylic acids is 1. The Bertz CT molecular complexity index is 803. The fraction of sp³-hybridized carbons (Fsp3) is 0.308. The Morgan fingerprint density at radius 3 is 2.70 bits per heavy atom. The summed E-state index contributed by atoms with van der Waals surface area (Å²) in [4.78, 5) is 34.4. The molecule has 20 heavy (non-hydrogen) atoms. The number of fused-ring (bicyclic) bond motifs is 1. The first-order valence-corrected chi connectivity index (χ1v) is 6.34. The molecule has 1 saturated carbocycles. The molecule has 0 radical (unpaired) electrons. The number of carbonyl (C=O) groups excluding carboxylic acids is 1. The third-order valence-corrected chi connectivity index (χ3v) is 3.86. The van der Waals surface area contributed by atoms with Crippen LogP contribution in [0.5, 0.6) is 0 Å². The van der Waals surface area contributed by atoms with E-state index in [2.05, 4.69) is 0 Å². The van der Waals surface area contributed by atoms with Gasteiger partial charge < -0.3 is 9.52 Å². The van der Waals surface area contributed by atoms with Gasteiger partial charge in [0.05, 0.1) is 16.5 Å². The lowest BCUT2D eigenvalue weighted by molar-refractivity contribution is -0.138. The van der Waals surface area contributed by atoms with Crippen molar-refractivity contribution in [2.24, 2.45) is 18.9 Å². The van der Waals surface area contributed by atoms with E-state index in [1.54, 1.807) is 0 Å². The predicted molar refractivity (Wildman–Crippen MR) is 70.0 cm³/mol. The van der Waals surface area contributed by atoms with Gasteiger partial charge in [0.1, 0.15) is 0 Å². The number of aryl methyl sites for hydroxylation is 1. The van der Waals surface area contributed by atoms with Gasteiger partial charge in [-0.15, -0.1) is 0 Å². The lowest BCUT2D eigenvalue weighted by Gasteiger charge is -2.02. The molecule has 1 aromatic carbocycles. The van der Waals surface area contributed by atoms with E-state index in [9.17, 15) is 14.4 Å². The van der Waals surface area contributed by atoms with Gasteiger partial charge in [-0.3, -0.25) is 14.2 Å². The van der Waals surface area contributed by atoms with Crippen LogP contribution in [-0.4, -0.2) is 21.4 Å². The largest absolute Gasteiger partial charge is 0.481 e. The second-order valence-corrected chi connectivity index (χ2v) is 5.29. The van der Waals surface area contributed by atoms with Gasteiger partial charge in [0, 0.05) is 18.5 Å². The van der Waals surface area contributed by atoms with E-state index in [1.165, 1.54) is 23.7 Å². The summed E-state index contributed by atoms with van der Waals surface area (Å²) in [6, 6.07) is 2.91. The highest BCUT2D eigenvalue weighted by molar-refractivity contribution is 6.35. The van der Waals surface area contributed by atoms with Crippen molar-refractivity contribution in [1.82, 2.24) is 4.57 Å². The van der Waals surface area contributed by atoms with E-state index in [-0.39, 0.29) is 16.4 Å². The van der Waals surface area contributed by atoms with Crippen LogP contribution in [-0.2, 0) is 11.8 Å². The topological polar surface area (TPSA) is 89.5 Å². The summed E-state index contributed by atoms with van der Waals surface area (Å²) in [6.45, 7) is 0. The molecule has 1 aromatic heterocycles. The summed E-state index contributed by atoms with van der Waals surface area (Å²) in [6.07, 6.45) is 0.341. The summed E-state index contributed by atoms with van der Waals surface area (Å²) in [5.74, 6) is -2.93. The molecule has 104 valence electrons. The molecule has 1 fully saturated rings. The second-order valence-electron chi connectivity index (χ2n) is 4.88. The standard InChI is InChI=1S/C13H10ClNO5/c1-15-9-3-5(2-8(14)11(9)20-13(15)19)10(16)6-4-7(6)12(17)18/h2-3,6-7H,4H2,1H3,(H,17,18)/t6?,7-/m0/s1. The quantitative estimate of drug-likeness (QED) is 0.870. The predicted octanol–water partition coefficient (Wildman–Crippen LogP) is 1.69. The summed E-state index contributed by atoms with van der Waals surface area (Å²) >= 11 is 6.00. The first-order chi connectivity index (χ1) is 9.40. The normalized spacial score (nSPS) is 21.1. The van der Waals surface area contributed by atoms with Gasteiger partial charge in [-0.05, 0) is 18.6 Å². The van der Waals surface area contributed by atoms with Crippen molar-refractivity contribution in [2.75, 3.05) is 0 Å². The Morgan fingerprint density at radius 2 is 2.10 bits per heavy atom. The molecule has 2 atom stereocenters. The lowest BCUT2D eigenvalue weighted by atomic mass is 10.1. The van der Waals surface area contributed by atoms with Crippen LogP contribution in [0.4, 0.5) is 0 Å². The van der Waals surface area contributed by atoms with Crippen molar-refractivity contribution < 1.29 is 19.1 Å². The van der Waals surface area contributed by atoms with Crippen LogP contribution < -0.4 is 5.76 Å². The molecule has 1 aliphatic rings. The number of ketones is 1. The maximum Gasteiger partial charge on any atom is 0.419 e. The molecule has 0 aliphatic heterocycles. The zero-order valence-electron chi connectivity index (χ0n) is 10.4. The van der Waals surface area contributed by atoms with Gasteiger partial charge in [0.15, 0.2) is 11.4 Å². The first-order valence-electron chi connectivity index (χ1n) is 5.96. The van der Waals surface area contributed by atoms with Crippen molar-refractivity contribution in [3.05, 3.63) is 33.3 Å². The van der Waals surface area contributed by atoms with Crippen molar-refractivity contribution in [2.45, 2.75) is 6.42 Å². The van der Waals surface area contributed by atoms with Crippen molar-refractivity contribution >= 4 is 34.5 Å². The maximum atomic E-state index is 12.2. The molecule has 3 rings (SSSR count). The molecule has 7 heteroatoms. The molecule has 1 unspecified atom stereocenters. The minimum atomic E-state index is -0.966. The molecular formula is C13H10ClNO5. The van der Waals surface area contributed by atoms with Crippen molar-refractivity contribution in [3.63, 3.8) is 0 Å². The second kappa shape index (κ2) is 4.21. The third kappa shape index (κ3) is 1.84. The average molecular weight is 296 g/mol. The molecule has 1 heterocycles. The Balaban J connectivity index is 2.05. The highest BCUT2D eigenvalue weighted by Gasteiger charge is 2.48. The third-order valence-electron chi connectivity index (χ3n) is 3.58. The number of carboxylic acid groups (broad SMARTS) is 1. The lowest BCUT2D eigenvalue weighted by Crippen LogP contribution is -2.10. The number of nitrogens with zero attached hydrogens (tertiary/aromatic N) is 1. The van der Waals surface area contributed by atoms with Crippen LogP contribution >= 0.6 is 11.6 Å². The highest BCUT2D eigenvalue weighted by Crippen LogP contribution is 2.41. The van der Waals surface area contributed by atoms with Crippen LogP contribution in [0.3, 0.4) is 0 Å². The SMILES string of the molecule is Cn1c(=O)oc2c(Cl)cc(C(=O)C3C[C@@H]3C(=O)O)cc21. The van der Waals surface area contributed by atoms with Crippen LogP contribution in [0.2, 0.25) is 5.02 Å². The van der Waals surface area contributed by atoms with E-state index >= 15 is 0 Å². The van der Waals surface area contributed by atoms with E-state index in [1.807, 2.05) is 0 Å². The van der Waals surface area contributed by atoms with E-state index in [4.69, 9.17) is 21.1 Å². The van der Waals surface area contributed by atoms with Gasteiger partial charge in [-0.25, -0.2) is 4.79 Å². The minimum absolute atomic E-state index is 0.163. The fourth-order valence-electron chi connectivity index (χ4n) is 2.30. The smallest absolute Gasteiger partial charge is 0.419 e. The maximum absolute atomic E-state index is 12.2. The van der Waals surface area contributed by atoms with Crippen LogP contribution in [0.25, 0.3) is 11.1 Å². The van der Waals surface area contributed by atoms with E-state index < -0.39 is 23.6 Å². The number of carbonyl (C=O) groups is 2. The molecule has 1 N–H and O–H groups in total. The fourth-order valence-corrected chi connectivity index (χ4v) is 2.55.